The molecular weight excluding hydrogens is 164 g/mol. The molecule has 0 fully saturated rings. The number of rotatable bonds is 2. The van der Waals surface area contributed by atoms with Crippen molar-refractivity contribution >= 4 is 11.9 Å². The van der Waals surface area contributed by atoms with Crippen LogP contribution in [0.1, 0.15) is 0 Å². The average Bonchev–Trinajstić information content (AvgIpc) is 1.98. The Kier molecular flexibility index (Phi) is 3.01. The molecule has 0 atom stereocenters. The Morgan fingerprint density at radius 2 is 1.33 bits per heavy atom. The fourth-order valence-corrected chi connectivity index (χ4v) is 0.442. The molecule has 0 saturated carbocycles. The molecule has 0 aliphatic rings. The van der Waals surface area contributed by atoms with Crippen molar-refractivity contribution in [3.63, 3.8) is 0 Å². The highest BCUT2D eigenvalue weighted by Crippen LogP contribution is 2.02. The number of aliphatic carboxylic acids is 2. The third-order valence-corrected chi connectivity index (χ3v) is 0.901. The van der Waals surface area contributed by atoms with E-state index in [2.05, 4.69) is 0 Å². The molecule has 2 N–H and O–H groups in total. The fraction of sp³-hybridized carbons (Fsp3) is 0. The minimum absolute atomic E-state index is 0.921. The quantitative estimate of drug-likeness (QED) is 0.246. The number of carboxylic acids is 2. The van der Waals surface area contributed by atoms with Gasteiger partial charge in [-0.2, -0.15) is 10.5 Å². The summed E-state index contributed by atoms with van der Waals surface area (Å²) in [5.41, 5.74) is -2.13. The molecule has 6 heteroatoms. The van der Waals surface area contributed by atoms with Crippen LogP contribution in [-0.2, 0) is 9.59 Å². The average molecular weight is 166 g/mol. The number of carbonyl (C=O) groups is 2. The predicted molar refractivity (Wildman–Crippen MR) is 33.5 cm³/mol. The molecule has 0 heterocycles. The summed E-state index contributed by atoms with van der Waals surface area (Å²) in [6, 6.07) is 2.34. The first-order chi connectivity index (χ1) is 5.54. The van der Waals surface area contributed by atoms with Gasteiger partial charge in [0.2, 0.25) is 0 Å². The van der Waals surface area contributed by atoms with Crippen LogP contribution in [0.4, 0.5) is 0 Å². The van der Waals surface area contributed by atoms with Gasteiger partial charge in [0.15, 0.2) is 11.1 Å². The largest absolute Gasteiger partial charge is 0.477 e. The Bertz CT molecular complexity index is 310. The van der Waals surface area contributed by atoms with Crippen LogP contribution in [0, 0.1) is 22.7 Å². The highest BCUT2D eigenvalue weighted by Gasteiger charge is 2.21. The smallest absolute Gasteiger partial charge is 0.345 e. The van der Waals surface area contributed by atoms with Crippen LogP contribution in [0.15, 0.2) is 11.1 Å². The van der Waals surface area contributed by atoms with Gasteiger partial charge in [-0.3, -0.25) is 0 Å². The van der Waals surface area contributed by atoms with E-state index < -0.39 is 23.1 Å². The second-order valence-corrected chi connectivity index (χ2v) is 1.58. The van der Waals surface area contributed by atoms with Crippen molar-refractivity contribution in [1.82, 2.24) is 0 Å². The maximum absolute atomic E-state index is 10.2. The molecule has 60 valence electrons. The molecule has 0 bridgehead atoms. The SMILES string of the molecule is N#CC(C#N)=C(C(=O)O)C(=O)O. The van der Waals surface area contributed by atoms with Crippen molar-refractivity contribution < 1.29 is 19.8 Å². The van der Waals surface area contributed by atoms with Gasteiger partial charge in [0, 0.05) is 0 Å². The lowest BCUT2D eigenvalue weighted by Gasteiger charge is -1.92. The molecule has 0 amide bonds. The minimum atomic E-state index is -1.80. The van der Waals surface area contributed by atoms with E-state index in [9.17, 15) is 9.59 Å². The summed E-state index contributed by atoms with van der Waals surface area (Å²) < 4.78 is 0. The van der Waals surface area contributed by atoms with E-state index in [1.54, 1.807) is 0 Å². The van der Waals surface area contributed by atoms with Crippen LogP contribution >= 0.6 is 0 Å². The maximum Gasteiger partial charge on any atom is 0.345 e. The van der Waals surface area contributed by atoms with Gasteiger partial charge in [0.25, 0.3) is 0 Å². The molecule has 6 nitrogen and oxygen atoms in total. The Morgan fingerprint density at radius 3 is 1.42 bits per heavy atom. The molecule has 0 spiro atoms. The van der Waals surface area contributed by atoms with Gasteiger partial charge in [-0.25, -0.2) is 9.59 Å². The van der Waals surface area contributed by atoms with E-state index in [1.807, 2.05) is 0 Å². The van der Waals surface area contributed by atoms with Gasteiger partial charge in [0.1, 0.15) is 12.1 Å². The van der Waals surface area contributed by atoms with Crippen molar-refractivity contribution in [2.75, 3.05) is 0 Å². The molecule has 0 saturated heterocycles. The summed E-state index contributed by atoms with van der Waals surface area (Å²) >= 11 is 0. The zero-order chi connectivity index (χ0) is 9.72. The Morgan fingerprint density at radius 1 is 1.00 bits per heavy atom. The molecule has 0 aromatic carbocycles. The van der Waals surface area contributed by atoms with E-state index in [-0.39, 0.29) is 0 Å². The van der Waals surface area contributed by atoms with E-state index in [4.69, 9.17) is 20.7 Å². The molecule has 0 aromatic rings. The number of carboxylic acid groups (broad SMARTS) is 2. The second-order valence-electron chi connectivity index (χ2n) is 1.58. The van der Waals surface area contributed by atoms with Crippen LogP contribution in [0.2, 0.25) is 0 Å². The van der Waals surface area contributed by atoms with Crippen molar-refractivity contribution in [3.8, 4) is 12.1 Å². The Balaban J connectivity index is 5.42. The minimum Gasteiger partial charge on any atom is -0.477 e. The number of nitrogens with zero attached hydrogens (tertiary/aromatic N) is 2. The van der Waals surface area contributed by atoms with Gasteiger partial charge in [0.05, 0.1) is 0 Å². The predicted octanol–water partition coefficient (Wildman–Crippen LogP) is -0.501. The van der Waals surface area contributed by atoms with Crippen LogP contribution < -0.4 is 0 Å². The van der Waals surface area contributed by atoms with Crippen molar-refractivity contribution in [1.29, 1.82) is 10.5 Å². The maximum atomic E-state index is 10.2. The number of hydrogen-bond acceptors (Lipinski definition) is 4. The van der Waals surface area contributed by atoms with Crippen LogP contribution in [0.3, 0.4) is 0 Å². The van der Waals surface area contributed by atoms with Gasteiger partial charge >= 0.3 is 11.9 Å². The normalized spacial score (nSPS) is 7.50. The molecular formula is C6H2N2O4. The summed E-state index contributed by atoms with van der Waals surface area (Å²) in [4.78, 5) is 20.3. The van der Waals surface area contributed by atoms with Crippen molar-refractivity contribution in [2.24, 2.45) is 0 Å². The third-order valence-electron chi connectivity index (χ3n) is 0.901. The van der Waals surface area contributed by atoms with Crippen molar-refractivity contribution in [3.05, 3.63) is 11.1 Å². The monoisotopic (exact) mass is 166 g/mol. The second kappa shape index (κ2) is 3.74. The lowest BCUT2D eigenvalue weighted by Crippen LogP contribution is -2.13. The van der Waals surface area contributed by atoms with E-state index in [0.29, 0.717) is 0 Å². The van der Waals surface area contributed by atoms with E-state index >= 15 is 0 Å². The van der Waals surface area contributed by atoms with Crippen LogP contribution in [-0.4, -0.2) is 22.2 Å². The molecule has 12 heavy (non-hydrogen) atoms. The molecule has 0 aliphatic carbocycles. The first-order valence-electron chi connectivity index (χ1n) is 2.55. The van der Waals surface area contributed by atoms with Gasteiger partial charge in [-0.05, 0) is 0 Å². The van der Waals surface area contributed by atoms with E-state index in [0.717, 1.165) is 0 Å². The Hall–Kier alpha value is -2.34. The highest BCUT2D eigenvalue weighted by molar-refractivity contribution is 6.14. The van der Waals surface area contributed by atoms with E-state index in [1.165, 1.54) is 12.1 Å². The van der Waals surface area contributed by atoms with Crippen molar-refractivity contribution in [2.45, 2.75) is 0 Å². The topological polar surface area (TPSA) is 122 Å². The number of allylic oxidation sites excluding steroid dienone is 1. The van der Waals surface area contributed by atoms with Crippen LogP contribution in [0.25, 0.3) is 0 Å². The molecule has 0 unspecified atom stereocenters. The fourth-order valence-electron chi connectivity index (χ4n) is 0.442. The summed E-state index contributed by atoms with van der Waals surface area (Å²) in [5, 5.41) is 32.7. The first kappa shape index (κ1) is 9.66. The summed E-state index contributed by atoms with van der Waals surface area (Å²) in [6.45, 7) is 0. The number of hydrogen-bond donors (Lipinski definition) is 2. The molecule has 0 aliphatic heterocycles. The highest BCUT2D eigenvalue weighted by atomic mass is 16.4. The van der Waals surface area contributed by atoms with Crippen LogP contribution in [0.5, 0.6) is 0 Å². The summed E-state index contributed by atoms with van der Waals surface area (Å²) in [7, 11) is 0. The molecule has 0 radical (unpaired) electrons. The standard InChI is InChI=1S/C6H2N2O4/c7-1-3(2-8)4(5(9)10)6(11)12/h(H,9,10)(H,11,12). The van der Waals surface area contributed by atoms with Gasteiger partial charge in [-0.1, -0.05) is 0 Å². The zero-order valence-corrected chi connectivity index (χ0v) is 5.61. The summed E-state index contributed by atoms with van der Waals surface area (Å²) in [6.07, 6.45) is 0. The molecule has 0 rings (SSSR count). The van der Waals surface area contributed by atoms with Gasteiger partial charge < -0.3 is 10.2 Å². The lowest BCUT2D eigenvalue weighted by atomic mass is 10.1. The Labute approximate surface area is 66.6 Å². The third kappa shape index (κ3) is 1.82. The zero-order valence-electron chi connectivity index (χ0n) is 5.61. The van der Waals surface area contributed by atoms with Gasteiger partial charge in [-0.15, -0.1) is 0 Å². The summed E-state index contributed by atoms with van der Waals surface area (Å²) in [5.74, 6) is -3.61. The first-order valence-corrected chi connectivity index (χ1v) is 2.55. The number of nitriles is 2. The molecule has 0 aromatic heterocycles. The lowest BCUT2D eigenvalue weighted by molar-refractivity contribution is -0.140.